The van der Waals surface area contributed by atoms with Gasteiger partial charge in [0.1, 0.15) is 18.1 Å². The van der Waals surface area contributed by atoms with Gasteiger partial charge in [-0.2, -0.15) is 0 Å². The lowest BCUT2D eigenvalue weighted by atomic mass is 10.1. The molecule has 2 rings (SSSR count). The van der Waals surface area contributed by atoms with Crippen LogP contribution in [0.5, 0.6) is 5.75 Å². The molecule has 3 nitrogen and oxygen atoms in total. The van der Waals surface area contributed by atoms with Gasteiger partial charge in [0.2, 0.25) is 0 Å². The highest BCUT2D eigenvalue weighted by Gasteiger charge is 2.18. The molecule has 1 heterocycles. The van der Waals surface area contributed by atoms with Gasteiger partial charge in [0.15, 0.2) is 0 Å². The molecule has 0 saturated heterocycles. The van der Waals surface area contributed by atoms with E-state index in [0.717, 1.165) is 49.0 Å². The Morgan fingerprint density at radius 2 is 2.25 bits per heavy atom. The van der Waals surface area contributed by atoms with Gasteiger partial charge in [-0.05, 0) is 37.9 Å². The largest absolute Gasteiger partial charge is 0.496 e. The van der Waals surface area contributed by atoms with Crippen molar-refractivity contribution in [3.63, 3.8) is 0 Å². The maximum absolute atomic E-state index is 6.00. The second kappa shape index (κ2) is 13.0. The van der Waals surface area contributed by atoms with E-state index >= 15 is 0 Å². The fourth-order valence-corrected chi connectivity index (χ4v) is 5.18. The van der Waals surface area contributed by atoms with Gasteiger partial charge in [-0.25, -0.2) is 0 Å². The van der Waals surface area contributed by atoms with E-state index in [1.165, 1.54) is 9.80 Å². The summed E-state index contributed by atoms with van der Waals surface area (Å²) in [6, 6.07) is 8.63. The monoisotopic (exact) mass is 419 g/mol. The molecule has 1 aliphatic heterocycles. The number of hydrogen-bond acceptors (Lipinski definition) is 5. The van der Waals surface area contributed by atoms with Crippen molar-refractivity contribution >= 4 is 23.5 Å². The van der Waals surface area contributed by atoms with Crippen LogP contribution in [0, 0.1) is 5.92 Å². The van der Waals surface area contributed by atoms with Crippen LogP contribution in [-0.2, 0) is 4.74 Å². The summed E-state index contributed by atoms with van der Waals surface area (Å²) in [7, 11) is 1.74. The van der Waals surface area contributed by atoms with E-state index in [4.69, 9.17) is 9.47 Å². The van der Waals surface area contributed by atoms with Gasteiger partial charge in [0.25, 0.3) is 0 Å². The summed E-state index contributed by atoms with van der Waals surface area (Å²) in [6.07, 6.45) is 8.02. The number of para-hydroxylation sites is 1. The number of methoxy groups -OCH3 is 1. The molecule has 28 heavy (non-hydrogen) atoms. The van der Waals surface area contributed by atoms with Crippen molar-refractivity contribution in [2.45, 2.75) is 37.6 Å². The fourth-order valence-electron chi connectivity index (χ4n) is 2.85. The van der Waals surface area contributed by atoms with E-state index in [2.05, 4.69) is 44.0 Å². The number of benzene rings is 1. The third-order valence-electron chi connectivity index (χ3n) is 4.74. The summed E-state index contributed by atoms with van der Waals surface area (Å²) in [5.74, 6) is 4.77. The predicted octanol–water partition coefficient (Wildman–Crippen LogP) is 5.90. The van der Waals surface area contributed by atoms with Gasteiger partial charge in [-0.3, -0.25) is 0 Å². The SMILES string of the molecule is C=C/C=C\CC1=C(C)OCC(NC[C@H](CC)CSc2ccccc2OC)CS1. The number of rotatable bonds is 11. The number of nitrogens with one attached hydrogen (secondary N) is 1. The third-order valence-corrected chi connectivity index (χ3v) is 7.40. The first-order valence-corrected chi connectivity index (χ1v) is 11.9. The van der Waals surface area contributed by atoms with Crippen LogP contribution in [0.2, 0.25) is 0 Å². The Labute approximate surface area is 179 Å². The minimum Gasteiger partial charge on any atom is -0.496 e. The molecule has 5 heteroatoms. The van der Waals surface area contributed by atoms with Crippen LogP contribution in [0.3, 0.4) is 0 Å². The molecule has 0 radical (unpaired) electrons. The van der Waals surface area contributed by atoms with E-state index in [0.29, 0.717) is 12.0 Å². The van der Waals surface area contributed by atoms with Crippen molar-refractivity contribution in [3.05, 3.63) is 59.7 Å². The molecule has 0 bridgehead atoms. The molecular weight excluding hydrogens is 386 g/mol. The van der Waals surface area contributed by atoms with E-state index < -0.39 is 0 Å². The Morgan fingerprint density at radius 3 is 3.00 bits per heavy atom. The van der Waals surface area contributed by atoms with Crippen LogP contribution in [0.25, 0.3) is 0 Å². The van der Waals surface area contributed by atoms with Gasteiger partial charge in [0.05, 0.1) is 13.2 Å². The molecule has 0 aliphatic carbocycles. The third kappa shape index (κ3) is 7.61. The van der Waals surface area contributed by atoms with E-state index in [1.54, 1.807) is 7.11 Å². The normalized spacial score (nSPS) is 18.6. The van der Waals surface area contributed by atoms with E-state index in [-0.39, 0.29) is 0 Å². The van der Waals surface area contributed by atoms with Crippen LogP contribution >= 0.6 is 23.5 Å². The summed E-state index contributed by atoms with van der Waals surface area (Å²) in [5, 5.41) is 3.73. The minimum atomic E-state index is 0.381. The second-order valence-corrected chi connectivity index (χ2v) is 8.99. The lowest BCUT2D eigenvalue weighted by Crippen LogP contribution is -2.38. The molecule has 1 N–H and O–H groups in total. The van der Waals surface area contributed by atoms with Crippen molar-refractivity contribution in [3.8, 4) is 5.75 Å². The molecule has 1 aromatic rings. The smallest absolute Gasteiger partial charge is 0.132 e. The van der Waals surface area contributed by atoms with Crippen molar-refractivity contribution < 1.29 is 9.47 Å². The first-order chi connectivity index (χ1) is 13.7. The van der Waals surface area contributed by atoms with E-state index in [9.17, 15) is 0 Å². The lowest BCUT2D eigenvalue weighted by molar-refractivity contribution is 0.186. The maximum atomic E-state index is 6.00. The summed E-state index contributed by atoms with van der Waals surface area (Å²) in [4.78, 5) is 2.54. The molecule has 154 valence electrons. The molecule has 0 spiro atoms. The highest BCUT2D eigenvalue weighted by Crippen LogP contribution is 2.31. The molecule has 1 unspecified atom stereocenters. The zero-order valence-electron chi connectivity index (χ0n) is 17.3. The number of hydrogen-bond donors (Lipinski definition) is 1. The molecule has 1 aliphatic rings. The number of allylic oxidation sites excluding steroid dienone is 5. The lowest BCUT2D eigenvalue weighted by Gasteiger charge is -2.21. The second-order valence-electron chi connectivity index (χ2n) is 6.81. The highest BCUT2D eigenvalue weighted by molar-refractivity contribution is 8.03. The van der Waals surface area contributed by atoms with Crippen LogP contribution < -0.4 is 10.1 Å². The Morgan fingerprint density at radius 1 is 1.43 bits per heavy atom. The van der Waals surface area contributed by atoms with Gasteiger partial charge in [-0.15, -0.1) is 23.5 Å². The van der Waals surface area contributed by atoms with Gasteiger partial charge >= 0.3 is 0 Å². The Kier molecular flexibility index (Phi) is 10.7. The van der Waals surface area contributed by atoms with Crippen LogP contribution in [0.15, 0.2) is 64.6 Å². The maximum Gasteiger partial charge on any atom is 0.132 e. The Hall–Kier alpha value is -1.30. The fraction of sp³-hybridized carbons (Fsp3) is 0.478. The zero-order chi connectivity index (χ0) is 20.2. The molecule has 0 fully saturated rings. The van der Waals surface area contributed by atoms with Gasteiger partial charge in [0, 0.05) is 21.3 Å². The summed E-state index contributed by atoms with van der Waals surface area (Å²) in [6.45, 7) is 9.82. The summed E-state index contributed by atoms with van der Waals surface area (Å²) < 4.78 is 11.5. The quantitative estimate of drug-likeness (QED) is 0.356. The summed E-state index contributed by atoms with van der Waals surface area (Å²) in [5.41, 5.74) is 0. The molecule has 0 saturated carbocycles. The highest BCUT2D eigenvalue weighted by atomic mass is 32.2. The molecule has 2 atom stereocenters. The van der Waals surface area contributed by atoms with Crippen LogP contribution in [0.4, 0.5) is 0 Å². The van der Waals surface area contributed by atoms with Gasteiger partial charge in [-0.1, -0.05) is 50.3 Å². The summed E-state index contributed by atoms with van der Waals surface area (Å²) >= 11 is 3.79. The van der Waals surface area contributed by atoms with Crippen LogP contribution in [0.1, 0.15) is 26.7 Å². The minimum absolute atomic E-state index is 0.381. The number of ether oxygens (including phenoxy) is 2. The topological polar surface area (TPSA) is 30.5 Å². The average molecular weight is 420 g/mol. The van der Waals surface area contributed by atoms with Crippen molar-refractivity contribution in [2.75, 3.05) is 31.8 Å². The standard InChI is InChI=1S/C23H33NO2S2/c1-5-7-8-12-22-18(3)26-15-20(17-28-22)24-14-19(6-2)16-27-23-13-10-9-11-21(23)25-4/h5,7-11,13,19-20,24H,1,6,12,14-17H2,2-4H3/b8-7-/t19-,20?/m0/s1. The Bertz CT molecular complexity index is 672. The predicted molar refractivity (Wildman–Crippen MR) is 124 cm³/mol. The number of thioether (sulfide) groups is 2. The van der Waals surface area contributed by atoms with Crippen molar-refractivity contribution in [1.82, 2.24) is 5.32 Å². The molecule has 1 aromatic carbocycles. The first kappa shape index (κ1) is 23.0. The Balaban J connectivity index is 1.79. The molecule has 0 amide bonds. The average Bonchev–Trinajstić information content (AvgIpc) is 2.90. The first-order valence-electron chi connectivity index (χ1n) is 9.90. The molecular formula is C23H33NO2S2. The van der Waals surface area contributed by atoms with Gasteiger partial charge < -0.3 is 14.8 Å². The van der Waals surface area contributed by atoms with Crippen molar-refractivity contribution in [2.24, 2.45) is 5.92 Å². The zero-order valence-corrected chi connectivity index (χ0v) is 18.9. The van der Waals surface area contributed by atoms with Crippen LogP contribution in [-0.4, -0.2) is 37.8 Å². The molecule has 0 aromatic heterocycles. The van der Waals surface area contributed by atoms with E-state index in [1.807, 2.05) is 47.8 Å². The van der Waals surface area contributed by atoms with Crippen molar-refractivity contribution in [1.29, 1.82) is 0 Å².